The first kappa shape index (κ1) is 16.3. The second kappa shape index (κ2) is 7.80. The van der Waals surface area contributed by atoms with Gasteiger partial charge >= 0.3 is 6.03 Å². The van der Waals surface area contributed by atoms with Gasteiger partial charge in [0, 0.05) is 31.0 Å². The van der Waals surface area contributed by atoms with E-state index in [9.17, 15) is 4.79 Å². The maximum absolute atomic E-state index is 12.1. The van der Waals surface area contributed by atoms with Crippen molar-refractivity contribution in [1.82, 2.24) is 9.88 Å². The third-order valence-electron chi connectivity index (χ3n) is 3.32. The van der Waals surface area contributed by atoms with Crippen molar-refractivity contribution >= 4 is 11.7 Å². The number of benzene rings is 1. The molecule has 1 atom stereocenters. The standard InChI is InChI=1S/C17H18N4O2/c1-13(8-10-18)21(2)17(22)20-14-9-11-19-16(12-14)23-15-6-4-3-5-7-15/h3-7,9,11-13H,8H2,1-2H3,(H,19,20,22). The van der Waals surface area contributed by atoms with Crippen molar-refractivity contribution in [2.75, 3.05) is 12.4 Å². The van der Waals surface area contributed by atoms with Gasteiger partial charge in [-0.2, -0.15) is 5.26 Å². The van der Waals surface area contributed by atoms with Crippen molar-refractivity contribution in [2.45, 2.75) is 19.4 Å². The van der Waals surface area contributed by atoms with E-state index >= 15 is 0 Å². The molecule has 0 fully saturated rings. The number of hydrogen-bond donors (Lipinski definition) is 1. The zero-order valence-corrected chi connectivity index (χ0v) is 13.1. The Labute approximate surface area is 135 Å². The monoisotopic (exact) mass is 310 g/mol. The summed E-state index contributed by atoms with van der Waals surface area (Å²) in [5, 5.41) is 11.5. The summed E-state index contributed by atoms with van der Waals surface area (Å²) in [7, 11) is 1.65. The normalized spacial score (nSPS) is 11.2. The van der Waals surface area contributed by atoms with Crippen LogP contribution in [0.4, 0.5) is 10.5 Å². The third-order valence-corrected chi connectivity index (χ3v) is 3.32. The fraction of sp³-hybridized carbons (Fsp3) is 0.235. The van der Waals surface area contributed by atoms with E-state index in [0.29, 0.717) is 17.3 Å². The van der Waals surface area contributed by atoms with Gasteiger partial charge in [0.2, 0.25) is 5.88 Å². The summed E-state index contributed by atoms with van der Waals surface area (Å²) in [6.45, 7) is 1.82. The number of aromatic nitrogens is 1. The Hall–Kier alpha value is -3.07. The molecule has 6 nitrogen and oxygen atoms in total. The molecule has 0 bridgehead atoms. The molecular formula is C17H18N4O2. The molecule has 23 heavy (non-hydrogen) atoms. The Balaban J connectivity index is 2.02. The summed E-state index contributed by atoms with van der Waals surface area (Å²) in [6.07, 6.45) is 1.84. The van der Waals surface area contributed by atoms with Gasteiger partial charge in [-0.15, -0.1) is 0 Å². The van der Waals surface area contributed by atoms with Crippen molar-refractivity contribution in [3.63, 3.8) is 0 Å². The van der Waals surface area contributed by atoms with Gasteiger partial charge in [0.25, 0.3) is 0 Å². The number of carbonyl (C=O) groups excluding carboxylic acids is 1. The lowest BCUT2D eigenvalue weighted by atomic mass is 10.2. The van der Waals surface area contributed by atoms with E-state index < -0.39 is 0 Å². The number of hydrogen-bond acceptors (Lipinski definition) is 4. The Bertz CT molecular complexity index is 697. The Morgan fingerprint density at radius 1 is 1.39 bits per heavy atom. The van der Waals surface area contributed by atoms with Gasteiger partial charge < -0.3 is 15.0 Å². The Morgan fingerprint density at radius 3 is 2.83 bits per heavy atom. The molecule has 0 radical (unpaired) electrons. The van der Waals surface area contributed by atoms with Gasteiger partial charge in [-0.3, -0.25) is 0 Å². The number of pyridine rings is 1. The summed E-state index contributed by atoms with van der Waals surface area (Å²) in [5.41, 5.74) is 0.576. The molecule has 2 aromatic rings. The molecule has 1 aromatic heterocycles. The highest BCUT2D eigenvalue weighted by molar-refractivity contribution is 5.89. The minimum absolute atomic E-state index is 0.165. The van der Waals surface area contributed by atoms with E-state index in [1.807, 2.05) is 37.3 Å². The molecule has 0 aliphatic heterocycles. The van der Waals surface area contributed by atoms with Crippen LogP contribution < -0.4 is 10.1 Å². The molecule has 1 N–H and O–H groups in total. The average molecular weight is 310 g/mol. The molecule has 0 spiro atoms. The van der Waals surface area contributed by atoms with Gasteiger partial charge in [-0.1, -0.05) is 18.2 Å². The molecular weight excluding hydrogens is 292 g/mol. The topological polar surface area (TPSA) is 78.3 Å². The van der Waals surface area contributed by atoms with Gasteiger partial charge in [0.1, 0.15) is 5.75 Å². The maximum atomic E-state index is 12.1. The molecule has 118 valence electrons. The van der Waals surface area contributed by atoms with Crippen LogP contribution in [-0.2, 0) is 0 Å². The van der Waals surface area contributed by atoms with Crippen molar-refractivity contribution < 1.29 is 9.53 Å². The second-order valence-corrected chi connectivity index (χ2v) is 5.05. The van der Waals surface area contributed by atoms with Crippen molar-refractivity contribution in [1.29, 1.82) is 5.26 Å². The van der Waals surface area contributed by atoms with Crippen LogP contribution in [0.15, 0.2) is 48.7 Å². The van der Waals surface area contributed by atoms with Gasteiger partial charge in [-0.05, 0) is 25.1 Å². The molecule has 0 aliphatic carbocycles. The van der Waals surface area contributed by atoms with E-state index in [2.05, 4.69) is 16.4 Å². The highest BCUT2D eigenvalue weighted by Gasteiger charge is 2.15. The van der Waals surface area contributed by atoms with E-state index in [1.54, 1.807) is 25.4 Å². The number of para-hydroxylation sites is 1. The number of rotatable bonds is 5. The summed E-state index contributed by atoms with van der Waals surface area (Å²) < 4.78 is 5.63. The third kappa shape index (κ3) is 4.71. The molecule has 0 saturated carbocycles. The molecule has 0 saturated heterocycles. The first-order chi connectivity index (χ1) is 11.1. The largest absolute Gasteiger partial charge is 0.439 e. The number of ether oxygens (including phenoxy) is 1. The van der Waals surface area contributed by atoms with Crippen LogP contribution >= 0.6 is 0 Å². The lowest BCUT2D eigenvalue weighted by Gasteiger charge is -2.23. The lowest BCUT2D eigenvalue weighted by Crippen LogP contribution is -2.38. The maximum Gasteiger partial charge on any atom is 0.321 e. The zero-order valence-electron chi connectivity index (χ0n) is 13.1. The Morgan fingerprint density at radius 2 is 2.13 bits per heavy atom. The summed E-state index contributed by atoms with van der Waals surface area (Å²) in [6, 6.07) is 14.2. The molecule has 2 amide bonds. The van der Waals surface area contributed by atoms with Crippen LogP contribution in [-0.4, -0.2) is 29.0 Å². The van der Waals surface area contributed by atoms with Crippen molar-refractivity contribution in [2.24, 2.45) is 0 Å². The summed E-state index contributed by atoms with van der Waals surface area (Å²) in [4.78, 5) is 17.8. The van der Waals surface area contributed by atoms with Crippen molar-refractivity contribution in [3.05, 3.63) is 48.7 Å². The summed E-state index contributed by atoms with van der Waals surface area (Å²) in [5.74, 6) is 1.06. The Kier molecular flexibility index (Phi) is 5.53. The molecule has 2 rings (SSSR count). The SMILES string of the molecule is CC(CC#N)N(C)C(=O)Nc1ccnc(Oc2ccccc2)c1. The summed E-state index contributed by atoms with van der Waals surface area (Å²) >= 11 is 0. The van der Waals surface area contributed by atoms with Crippen LogP contribution in [0.25, 0.3) is 0 Å². The lowest BCUT2D eigenvalue weighted by molar-refractivity contribution is 0.208. The average Bonchev–Trinajstić information content (AvgIpc) is 2.55. The fourth-order valence-corrected chi connectivity index (χ4v) is 1.83. The highest BCUT2D eigenvalue weighted by Crippen LogP contribution is 2.21. The predicted molar refractivity (Wildman–Crippen MR) is 87.2 cm³/mol. The van der Waals surface area contributed by atoms with Gasteiger partial charge in [-0.25, -0.2) is 9.78 Å². The number of urea groups is 1. The quantitative estimate of drug-likeness (QED) is 0.914. The zero-order chi connectivity index (χ0) is 16.7. The smallest absolute Gasteiger partial charge is 0.321 e. The first-order valence-electron chi connectivity index (χ1n) is 7.20. The van der Waals surface area contributed by atoms with Crippen LogP contribution in [0.5, 0.6) is 11.6 Å². The fourth-order valence-electron chi connectivity index (χ4n) is 1.83. The van der Waals surface area contributed by atoms with Crippen molar-refractivity contribution in [3.8, 4) is 17.7 Å². The van der Waals surface area contributed by atoms with Gasteiger partial charge in [0.15, 0.2) is 0 Å². The van der Waals surface area contributed by atoms with Gasteiger partial charge in [0.05, 0.1) is 12.5 Å². The van der Waals surface area contributed by atoms with Crippen LogP contribution in [0.1, 0.15) is 13.3 Å². The number of amides is 2. The van der Waals surface area contributed by atoms with Crippen LogP contribution in [0.3, 0.4) is 0 Å². The minimum Gasteiger partial charge on any atom is -0.439 e. The molecule has 0 aliphatic rings. The van der Waals surface area contributed by atoms with E-state index in [0.717, 1.165) is 0 Å². The predicted octanol–water partition coefficient (Wildman–Crippen LogP) is 3.64. The first-order valence-corrected chi connectivity index (χ1v) is 7.20. The second-order valence-electron chi connectivity index (χ2n) is 5.05. The number of anilines is 1. The number of nitrogens with zero attached hydrogens (tertiary/aromatic N) is 3. The van der Waals surface area contributed by atoms with Crippen LogP contribution in [0.2, 0.25) is 0 Å². The van der Waals surface area contributed by atoms with E-state index in [-0.39, 0.29) is 18.5 Å². The molecule has 1 unspecified atom stereocenters. The molecule has 6 heteroatoms. The molecule has 1 aromatic carbocycles. The van der Waals surface area contributed by atoms with E-state index in [1.165, 1.54) is 4.90 Å². The number of nitrogens with one attached hydrogen (secondary N) is 1. The highest BCUT2D eigenvalue weighted by atomic mass is 16.5. The van der Waals surface area contributed by atoms with E-state index in [4.69, 9.17) is 10.00 Å². The number of nitriles is 1. The van der Waals surface area contributed by atoms with Crippen LogP contribution in [0, 0.1) is 11.3 Å². The number of carbonyl (C=O) groups is 1. The molecule has 1 heterocycles. The minimum atomic E-state index is -0.287.